The van der Waals surface area contributed by atoms with Crippen molar-refractivity contribution in [1.29, 1.82) is 0 Å². The first kappa shape index (κ1) is 64.2. The molecule has 0 aliphatic carbocycles. The predicted molar refractivity (Wildman–Crippen MR) is 479 cm³/mol. The molecule has 24 rings (SSSR count). The maximum absolute atomic E-state index is 5.68. The lowest BCUT2D eigenvalue weighted by Gasteiger charge is -2.16. The Morgan fingerprint density at radius 2 is 0.491 bits per heavy atom. The Labute approximate surface area is 660 Å². The summed E-state index contributed by atoms with van der Waals surface area (Å²) >= 11 is 3.58. The molecule has 8 nitrogen and oxygen atoms in total. The number of aromatic nitrogens is 8. The van der Waals surface area contributed by atoms with Crippen LogP contribution in [0, 0.1) is 0 Å². The molecule has 24 aromatic rings. The smallest absolute Gasteiger partial charge is 0.167 e. The molecule has 0 saturated carbocycles. The molecular formula is C104H60N8S2. The van der Waals surface area contributed by atoms with Gasteiger partial charge in [0.05, 0.1) is 44.6 Å². The van der Waals surface area contributed by atoms with E-state index < -0.39 is 0 Å². The van der Waals surface area contributed by atoms with Crippen molar-refractivity contribution in [2.45, 2.75) is 0 Å². The third-order valence-corrected chi connectivity index (χ3v) is 25.5. The highest BCUT2D eigenvalue weighted by molar-refractivity contribution is 7.26. The number of rotatable bonds is 10. The molecule has 6 heterocycles. The molecule has 114 heavy (non-hydrogen) atoms. The molecule has 0 spiro atoms. The van der Waals surface area contributed by atoms with Crippen LogP contribution in [0.15, 0.2) is 364 Å². The summed E-state index contributed by atoms with van der Waals surface area (Å²) in [5.74, 6) is 3.60. The molecule has 0 fully saturated rings. The number of nitrogens with zero attached hydrogens (tertiary/aromatic N) is 8. The van der Waals surface area contributed by atoms with E-state index in [1.807, 2.05) is 0 Å². The maximum Gasteiger partial charge on any atom is 0.167 e. The van der Waals surface area contributed by atoms with Crippen LogP contribution in [0.3, 0.4) is 0 Å². The molecule has 528 valence electrons. The SMILES string of the molecule is c1ccc(-c2ccc(-c3nc(-c4ccc5ccccc5c4)nc(-c4c(-n5c6ccccc6c6cc7ccc(-c8ccc9cc(-c%10nc(-c%11ccc%12ccccc%12c%11)nc(-c%11c(-n%12c%13ccccc%13c%13cc%14ccccc%14cc%13%12)ccc%12c%11sc%11ccccc%11%12)n%10)ccc9c8)cc7cc65)ccc5c4sc4ccccc45)n3)cc2)cc1. The summed E-state index contributed by atoms with van der Waals surface area (Å²) in [6.45, 7) is 0. The summed E-state index contributed by atoms with van der Waals surface area (Å²) in [6.07, 6.45) is 0. The van der Waals surface area contributed by atoms with Gasteiger partial charge in [-0.15, -0.1) is 22.7 Å². The first-order valence-electron chi connectivity index (χ1n) is 38.4. The lowest BCUT2D eigenvalue weighted by Crippen LogP contribution is -2.04. The number of para-hydroxylation sites is 2. The number of hydrogen-bond acceptors (Lipinski definition) is 8. The first-order valence-corrected chi connectivity index (χ1v) is 40.1. The van der Waals surface area contributed by atoms with Crippen molar-refractivity contribution in [3.8, 4) is 102 Å². The van der Waals surface area contributed by atoms with E-state index in [9.17, 15) is 0 Å². The summed E-state index contributed by atoms with van der Waals surface area (Å²) in [4.78, 5) is 33.3. The minimum Gasteiger partial charge on any atom is -0.308 e. The number of hydrogen-bond donors (Lipinski definition) is 0. The van der Waals surface area contributed by atoms with Gasteiger partial charge in [0, 0.05) is 84.1 Å². The topological polar surface area (TPSA) is 87.2 Å². The van der Waals surface area contributed by atoms with Gasteiger partial charge < -0.3 is 9.13 Å². The Bertz CT molecular complexity index is 8190. The summed E-state index contributed by atoms with van der Waals surface area (Å²) < 4.78 is 9.51. The van der Waals surface area contributed by atoms with Crippen molar-refractivity contribution in [2.75, 3.05) is 0 Å². The molecular weight excluding hydrogens is 1430 g/mol. The summed E-state index contributed by atoms with van der Waals surface area (Å²) in [5, 5.41) is 20.8. The lowest BCUT2D eigenvalue weighted by molar-refractivity contribution is 1.07. The predicted octanol–water partition coefficient (Wildman–Crippen LogP) is 28.1. The van der Waals surface area contributed by atoms with Crippen LogP contribution in [0.5, 0.6) is 0 Å². The van der Waals surface area contributed by atoms with E-state index >= 15 is 0 Å². The molecule has 0 aliphatic rings. The van der Waals surface area contributed by atoms with Gasteiger partial charge >= 0.3 is 0 Å². The van der Waals surface area contributed by atoms with Crippen LogP contribution >= 0.6 is 22.7 Å². The fourth-order valence-corrected chi connectivity index (χ4v) is 20.1. The zero-order chi connectivity index (χ0) is 74.6. The average molecular weight is 1490 g/mol. The van der Waals surface area contributed by atoms with Crippen LogP contribution in [0.2, 0.25) is 0 Å². The first-order chi connectivity index (χ1) is 56.4. The summed E-state index contributed by atoms with van der Waals surface area (Å²) in [7, 11) is 0. The highest BCUT2D eigenvalue weighted by Crippen LogP contribution is 2.49. The van der Waals surface area contributed by atoms with E-state index in [4.69, 9.17) is 29.9 Å². The second-order valence-corrected chi connectivity index (χ2v) is 31.8. The average Bonchev–Trinajstić information content (AvgIpc) is 1.56. The Hall–Kier alpha value is -14.7. The number of thiophene rings is 2. The van der Waals surface area contributed by atoms with Gasteiger partial charge in [-0.1, -0.05) is 273 Å². The molecule has 0 unspecified atom stereocenters. The maximum atomic E-state index is 5.68. The highest BCUT2D eigenvalue weighted by atomic mass is 32.1. The van der Waals surface area contributed by atoms with Gasteiger partial charge in [0.25, 0.3) is 0 Å². The molecule has 0 amide bonds. The van der Waals surface area contributed by atoms with Gasteiger partial charge in [-0.3, -0.25) is 0 Å². The van der Waals surface area contributed by atoms with Crippen LogP contribution in [0.25, 0.3) is 240 Å². The monoisotopic (exact) mass is 1480 g/mol. The third kappa shape index (κ3) is 10.4. The molecule has 10 heteroatoms. The van der Waals surface area contributed by atoms with Crippen LogP contribution in [0.1, 0.15) is 0 Å². The van der Waals surface area contributed by atoms with Crippen molar-refractivity contribution in [3.63, 3.8) is 0 Å². The molecule has 0 N–H and O–H groups in total. The van der Waals surface area contributed by atoms with Crippen LogP contribution in [-0.2, 0) is 0 Å². The van der Waals surface area contributed by atoms with Crippen LogP contribution < -0.4 is 0 Å². The van der Waals surface area contributed by atoms with Crippen LogP contribution in [-0.4, -0.2) is 39.0 Å². The second kappa shape index (κ2) is 25.4. The van der Waals surface area contributed by atoms with Crippen molar-refractivity contribution in [3.05, 3.63) is 364 Å². The van der Waals surface area contributed by atoms with E-state index in [1.54, 1.807) is 22.7 Å². The third-order valence-electron chi connectivity index (χ3n) is 23.1. The Balaban J connectivity index is 0.655. The van der Waals surface area contributed by atoms with E-state index in [0.29, 0.717) is 34.9 Å². The van der Waals surface area contributed by atoms with E-state index in [1.165, 1.54) is 41.7 Å². The minimum absolute atomic E-state index is 0.592. The molecule has 0 atom stereocenters. The van der Waals surface area contributed by atoms with Crippen molar-refractivity contribution < 1.29 is 0 Å². The standard InChI is InChI=1S/C104H60N8S2/c1-2-18-61(19-3-1)64-34-38-65(39-35-64)99-105-100(75-45-36-62-20-4-6-22-66(62)53-75)108-103(107-99)95-90(51-49-83-81-28-12-16-32-93(81)113-97(83)95)112-88-31-15-11-27-80(88)86-58-74-43-42-73(56-78(74)60-92(86)112)70-40-41-72-55-77(47-44-71(72)52-70)102-106-101(76-46-37-63-21-5-7-23-67(63)54-76)109-104(110-102)96-89(50-48-84-82-29-13-17-33-94(82)114-98(84)96)111-87-30-14-10-26-79(87)85-57-68-24-8-9-25-69(68)59-91(85)111/h1-60H. The Morgan fingerprint density at radius 3 is 0.982 bits per heavy atom. The largest absolute Gasteiger partial charge is 0.308 e. The quantitative estimate of drug-likeness (QED) is 0.136. The van der Waals surface area contributed by atoms with Crippen molar-refractivity contribution in [1.82, 2.24) is 39.0 Å². The van der Waals surface area contributed by atoms with Gasteiger partial charge in [0.1, 0.15) is 0 Å². The zero-order valence-corrected chi connectivity index (χ0v) is 62.7. The van der Waals surface area contributed by atoms with Gasteiger partial charge in [0.2, 0.25) is 0 Å². The number of benzene rings is 18. The normalized spacial score (nSPS) is 12.0. The Morgan fingerprint density at radius 1 is 0.175 bits per heavy atom. The van der Waals surface area contributed by atoms with Crippen LogP contribution in [0.4, 0.5) is 0 Å². The molecule has 0 bridgehead atoms. The summed E-state index contributed by atoms with van der Waals surface area (Å²) in [5.41, 5.74) is 16.4. The fourth-order valence-electron chi connectivity index (χ4n) is 17.6. The highest BCUT2D eigenvalue weighted by Gasteiger charge is 2.28. The lowest BCUT2D eigenvalue weighted by atomic mass is 9.97. The Kier molecular flexibility index (Phi) is 14.3. The van der Waals surface area contributed by atoms with Gasteiger partial charge in [0.15, 0.2) is 34.9 Å². The molecule has 6 aromatic heterocycles. The zero-order valence-electron chi connectivity index (χ0n) is 61.0. The van der Waals surface area contributed by atoms with Gasteiger partial charge in [-0.25, -0.2) is 29.9 Å². The van der Waals surface area contributed by atoms with Crippen molar-refractivity contribution >= 4 is 160 Å². The van der Waals surface area contributed by atoms with Gasteiger partial charge in [-0.2, -0.15) is 0 Å². The second-order valence-electron chi connectivity index (χ2n) is 29.7. The van der Waals surface area contributed by atoms with Gasteiger partial charge in [-0.05, 0) is 167 Å². The van der Waals surface area contributed by atoms with E-state index in [0.717, 1.165) is 163 Å². The fraction of sp³-hybridized carbons (Fsp3) is 0. The molecule has 0 saturated heterocycles. The molecule has 0 radical (unpaired) electrons. The number of fused-ring (bicyclic) bond motifs is 17. The minimum atomic E-state index is 0.592. The molecule has 18 aromatic carbocycles. The van der Waals surface area contributed by atoms with Crippen molar-refractivity contribution in [2.24, 2.45) is 0 Å². The van der Waals surface area contributed by atoms with E-state index in [-0.39, 0.29) is 0 Å². The molecule has 0 aliphatic heterocycles. The van der Waals surface area contributed by atoms with E-state index in [2.05, 4.69) is 373 Å². The summed E-state index contributed by atoms with van der Waals surface area (Å²) in [6, 6.07) is 132.